The van der Waals surface area contributed by atoms with E-state index >= 15 is 0 Å². The molecule has 3 aliphatic heterocycles. The number of carbonyl (C=O) groups is 3. The van der Waals surface area contributed by atoms with Crippen LogP contribution in [0.4, 0.5) is 5.69 Å². The van der Waals surface area contributed by atoms with Crippen molar-refractivity contribution < 1.29 is 19.5 Å². The molecule has 3 amide bonds. The molecule has 4 atom stereocenters. The van der Waals surface area contributed by atoms with Crippen LogP contribution in [0.2, 0.25) is 0 Å². The molecular weight excluding hydrogens is 418 g/mol. The van der Waals surface area contributed by atoms with E-state index in [1.165, 1.54) is 4.90 Å². The van der Waals surface area contributed by atoms with E-state index in [1.807, 2.05) is 45.9 Å². The van der Waals surface area contributed by atoms with Crippen molar-refractivity contribution in [2.45, 2.75) is 57.7 Å². The van der Waals surface area contributed by atoms with Crippen molar-refractivity contribution in [3.05, 3.63) is 59.2 Å². The summed E-state index contributed by atoms with van der Waals surface area (Å²) in [4.78, 5) is 42.4. The molecular formula is C26H29N3O4. The van der Waals surface area contributed by atoms with E-state index in [4.69, 9.17) is 0 Å². The molecule has 2 fully saturated rings. The lowest BCUT2D eigenvalue weighted by atomic mass is 9.76. The van der Waals surface area contributed by atoms with Crippen LogP contribution in [0.25, 0.3) is 0 Å². The Morgan fingerprint density at radius 1 is 1.00 bits per heavy atom. The van der Waals surface area contributed by atoms with E-state index in [2.05, 4.69) is 10.6 Å². The van der Waals surface area contributed by atoms with Gasteiger partial charge in [-0.05, 0) is 62.9 Å². The summed E-state index contributed by atoms with van der Waals surface area (Å²) in [5, 5.41) is 16.1. The summed E-state index contributed by atoms with van der Waals surface area (Å²) < 4.78 is 0. The number of hydrogen-bond donors (Lipinski definition) is 3. The average Bonchev–Trinajstić information content (AvgIpc) is 3.33. The molecule has 7 heteroatoms. The summed E-state index contributed by atoms with van der Waals surface area (Å²) in [5.74, 6) is -2.14. The largest absolute Gasteiger partial charge is 0.508 e. The fourth-order valence-electron chi connectivity index (χ4n) is 5.79. The summed E-state index contributed by atoms with van der Waals surface area (Å²) in [6.45, 7) is 7.58. The molecule has 0 saturated carbocycles. The van der Waals surface area contributed by atoms with E-state index in [9.17, 15) is 19.5 Å². The molecule has 0 aliphatic carbocycles. The van der Waals surface area contributed by atoms with Gasteiger partial charge in [0, 0.05) is 22.8 Å². The first kappa shape index (κ1) is 21.6. The van der Waals surface area contributed by atoms with E-state index in [-0.39, 0.29) is 23.5 Å². The Hall–Kier alpha value is -3.19. The number of fused-ring (bicyclic) bond motifs is 4. The third-order valence-electron chi connectivity index (χ3n) is 7.25. The van der Waals surface area contributed by atoms with E-state index in [1.54, 1.807) is 24.3 Å². The number of hydrogen-bond acceptors (Lipinski definition) is 5. The molecule has 0 aromatic heterocycles. The monoisotopic (exact) mass is 447 g/mol. The van der Waals surface area contributed by atoms with E-state index < -0.39 is 29.0 Å². The molecule has 2 aromatic rings. The van der Waals surface area contributed by atoms with Crippen LogP contribution in [0, 0.1) is 11.8 Å². The van der Waals surface area contributed by atoms with Gasteiger partial charge in [-0.2, -0.15) is 0 Å². The van der Waals surface area contributed by atoms with Gasteiger partial charge in [0.2, 0.25) is 17.7 Å². The minimum atomic E-state index is -1.29. The highest BCUT2D eigenvalue weighted by Crippen LogP contribution is 2.54. The standard InChI is InChI=1S/C26H29N3O4/c1-5-14-8-11-18-17(12-14)26(24(33)27-18)21-20(22(31)29(23(21)32)25(2,3)4)19(28-26)13-15-6-9-16(30)10-7-15/h6-12,19-21,28,30H,5,13H2,1-4H3,(H,27,33). The zero-order valence-corrected chi connectivity index (χ0v) is 19.3. The van der Waals surface area contributed by atoms with Gasteiger partial charge in [-0.25, -0.2) is 0 Å². The minimum absolute atomic E-state index is 0.162. The lowest BCUT2D eigenvalue weighted by molar-refractivity contribution is -0.147. The Kier molecular flexibility index (Phi) is 4.69. The molecule has 3 heterocycles. The highest BCUT2D eigenvalue weighted by Gasteiger charge is 2.71. The summed E-state index contributed by atoms with van der Waals surface area (Å²) in [6.07, 6.45) is 1.25. The smallest absolute Gasteiger partial charge is 0.250 e. The average molecular weight is 448 g/mol. The number of aromatic hydroxyl groups is 1. The van der Waals surface area contributed by atoms with Gasteiger partial charge in [0.25, 0.3) is 0 Å². The predicted octanol–water partition coefficient (Wildman–Crippen LogP) is 2.72. The molecule has 1 spiro atoms. The molecule has 3 N–H and O–H groups in total. The molecule has 33 heavy (non-hydrogen) atoms. The first-order valence-electron chi connectivity index (χ1n) is 11.5. The summed E-state index contributed by atoms with van der Waals surface area (Å²) in [6, 6.07) is 12.2. The third-order valence-corrected chi connectivity index (χ3v) is 7.25. The molecule has 7 nitrogen and oxygen atoms in total. The number of likely N-dealkylation sites (tertiary alicyclic amines) is 1. The van der Waals surface area contributed by atoms with Gasteiger partial charge in [-0.15, -0.1) is 0 Å². The molecule has 5 rings (SSSR count). The normalized spacial score (nSPS) is 28.4. The zero-order valence-electron chi connectivity index (χ0n) is 19.3. The Morgan fingerprint density at radius 3 is 2.30 bits per heavy atom. The fourth-order valence-corrected chi connectivity index (χ4v) is 5.79. The van der Waals surface area contributed by atoms with Crippen LogP contribution in [0.5, 0.6) is 5.75 Å². The first-order valence-corrected chi connectivity index (χ1v) is 11.5. The second-order valence-electron chi connectivity index (χ2n) is 10.3. The Bertz CT molecular complexity index is 1170. The number of nitrogens with zero attached hydrogens (tertiary/aromatic N) is 1. The maximum absolute atomic E-state index is 13.8. The Morgan fingerprint density at radius 2 is 1.67 bits per heavy atom. The lowest BCUT2D eigenvalue weighted by Gasteiger charge is -2.34. The van der Waals surface area contributed by atoms with Crippen molar-refractivity contribution in [3.8, 4) is 5.75 Å². The number of phenols is 1. The van der Waals surface area contributed by atoms with Crippen molar-refractivity contribution >= 4 is 23.4 Å². The van der Waals surface area contributed by atoms with Crippen molar-refractivity contribution in [1.29, 1.82) is 0 Å². The van der Waals surface area contributed by atoms with E-state index in [0.717, 1.165) is 23.1 Å². The molecule has 4 unspecified atom stereocenters. The van der Waals surface area contributed by atoms with Crippen molar-refractivity contribution in [1.82, 2.24) is 10.2 Å². The summed E-state index contributed by atoms with van der Waals surface area (Å²) in [5.41, 5.74) is 1.42. The molecule has 0 radical (unpaired) electrons. The molecule has 0 bridgehead atoms. The number of phenolic OH excluding ortho intramolecular Hbond substituents is 1. The molecule has 2 saturated heterocycles. The summed E-state index contributed by atoms with van der Waals surface area (Å²) in [7, 11) is 0. The van der Waals surface area contributed by atoms with Gasteiger partial charge in [0.05, 0.1) is 11.8 Å². The van der Waals surface area contributed by atoms with Crippen LogP contribution < -0.4 is 10.6 Å². The van der Waals surface area contributed by atoms with Crippen LogP contribution in [-0.2, 0) is 32.8 Å². The van der Waals surface area contributed by atoms with Gasteiger partial charge >= 0.3 is 0 Å². The SMILES string of the molecule is CCc1ccc2c(c1)C1(NC(Cc3ccc(O)cc3)C3C(=O)N(C(C)(C)C)C(=O)C31)C(=O)N2. The number of carbonyl (C=O) groups excluding carboxylic acids is 3. The number of amides is 3. The summed E-state index contributed by atoms with van der Waals surface area (Å²) >= 11 is 0. The molecule has 3 aliphatic rings. The quantitative estimate of drug-likeness (QED) is 0.629. The predicted molar refractivity (Wildman–Crippen MR) is 123 cm³/mol. The third kappa shape index (κ3) is 3.02. The first-order chi connectivity index (χ1) is 15.6. The van der Waals surface area contributed by atoms with Gasteiger partial charge in [0.15, 0.2) is 0 Å². The van der Waals surface area contributed by atoms with Crippen LogP contribution in [0.1, 0.15) is 44.4 Å². The highest BCUT2D eigenvalue weighted by atomic mass is 16.3. The van der Waals surface area contributed by atoms with Crippen LogP contribution in [-0.4, -0.2) is 39.3 Å². The van der Waals surface area contributed by atoms with Gasteiger partial charge < -0.3 is 10.4 Å². The van der Waals surface area contributed by atoms with Crippen molar-refractivity contribution in [2.75, 3.05) is 5.32 Å². The maximum atomic E-state index is 13.8. The maximum Gasteiger partial charge on any atom is 0.250 e. The van der Waals surface area contributed by atoms with Crippen LogP contribution in [0.3, 0.4) is 0 Å². The number of anilines is 1. The lowest BCUT2D eigenvalue weighted by Crippen LogP contribution is -2.56. The Balaban J connectivity index is 1.66. The van der Waals surface area contributed by atoms with Gasteiger partial charge in [-0.3, -0.25) is 24.6 Å². The fraction of sp³-hybridized carbons (Fsp3) is 0.423. The second-order valence-corrected chi connectivity index (χ2v) is 10.3. The van der Waals surface area contributed by atoms with Gasteiger partial charge in [-0.1, -0.05) is 31.2 Å². The number of aryl methyl sites for hydroxylation is 1. The van der Waals surface area contributed by atoms with E-state index in [0.29, 0.717) is 12.1 Å². The number of imide groups is 1. The number of nitrogens with one attached hydrogen (secondary N) is 2. The highest BCUT2D eigenvalue weighted by molar-refractivity contribution is 6.15. The molecule has 172 valence electrons. The van der Waals surface area contributed by atoms with Gasteiger partial charge in [0.1, 0.15) is 11.3 Å². The Labute approximate surface area is 193 Å². The second kappa shape index (κ2) is 7.15. The van der Waals surface area contributed by atoms with Crippen molar-refractivity contribution in [3.63, 3.8) is 0 Å². The topological polar surface area (TPSA) is 98.7 Å². The van der Waals surface area contributed by atoms with Crippen LogP contribution in [0.15, 0.2) is 42.5 Å². The molecule has 2 aromatic carbocycles. The number of benzene rings is 2. The number of rotatable bonds is 3. The van der Waals surface area contributed by atoms with Crippen molar-refractivity contribution in [2.24, 2.45) is 11.8 Å². The minimum Gasteiger partial charge on any atom is -0.508 e. The van der Waals surface area contributed by atoms with Crippen LogP contribution >= 0.6 is 0 Å². The zero-order chi connectivity index (χ0) is 23.7.